The van der Waals surface area contributed by atoms with Crippen LogP contribution in [0.4, 0.5) is 10.2 Å². The van der Waals surface area contributed by atoms with Gasteiger partial charge in [0.25, 0.3) is 11.5 Å². The molecule has 0 N–H and O–H groups in total. The number of likely N-dealkylation sites (tertiary alicyclic amines) is 1. The molecule has 8 nitrogen and oxygen atoms in total. The lowest BCUT2D eigenvalue weighted by Crippen LogP contribution is -2.48. The van der Waals surface area contributed by atoms with Crippen LogP contribution in [0.3, 0.4) is 0 Å². The van der Waals surface area contributed by atoms with Crippen LogP contribution in [0.5, 0.6) is 0 Å². The van der Waals surface area contributed by atoms with Crippen molar-refractivity contribution in [1.29, 1.82) is 0 Å². The lowest BCUT2D eigenvalue weighted by atomic mass is 9.83. The fourth-order valence-corrected chi connectivity index (χ4v) is 5.34. The summed E-state index contributed by atoms with van der Waals surface area (Å²) < 4.78 is 17.1. The van der Waals surface area contributed by atoms with Crippen molar-refractivity contribution in [2.24, 2.45) is 5.92 Å². The number of piperidine rings is 1. The van der Waals surface area contributed by atoms with E-state index in [9.17, 15) is 14.0 Å². The van der Waals surface area contributed by atoms with E-state index in [4.69, 9.17) is 0 Å². The van der Waals surface area contributed by atoms with Crippen LogP contribution in [-0.2, 0) is 6.54 Å². The Balaban J connectivity index is 1.30. The Hall–Kier alpha value is -3.23. The predicted octanol–water partition coefficient (Wildman–Crippen LogP) is 1.70. The maximum Gasteiger partial charge on any atom is 0.263 e. The van der Waals surface area contributed by atoms with Gasteiger partial charge in [0.15, 0.2) is 5.65 Å². The molecule has 3 atom stereocenters. The molecule has 0 aromatic carbocycles. The van der Waals surface area contributed by atoms with Crippen LogP contribution in [0.2, 0.25) is 0 Å². The van der Waals surface area contributed by atoms with Gasteiger partial charge in [-0.2, -0.15) is 0 Å². The van der Waals surface area contributed by atoms with E-state index in [1.165, 1.54) is 4.90 Å². The topological polar surface area (TPSA) is 75.7 Å². The molecule has 3 aliphatic heterocycles. The van der Waals surface area contributed by atoms with Crippen LogP contribution in [0.1, 0.15) is 34.8 Å². The van der Waals surface area contributed by atoms with Gasteiger partial charge < -0.3 is 14.4 Å². The zero-order valence-electron chi connectivity index (χ0n) is 17.0. The number of anilines is 1. The van der Waals surface area contributed by atoms with Crippen LogP contribution in [-0.4, -0.2) is 62.3 Å². The second-order valence-corrected chi connectivity index (χ2v) is 8.85. The van der Waals surface area contributed by atoms with Gasteiger partial charge in [0, 0.05) is 50.2 Å². The third-order valence-electron chi connectivity index (χ3n) is 6.82. The van der Waals surface area contributed by atoms with Gasteiger partial charge in [0.2, 0.25) is 0 Å². The van der Waals surface area contributed by atoms with Crippen molar-refractivity contribution in [3.05, 3.63) is 58.3 Å². The van der Waals surface area contributed by atoms with Gasteiger partial charge in [-0.05, 0) is 43.0 Å². The summed E-state index contributed by atoms with van der Waals surface area (Å²) in [5.41, 5.74) is 1.69. The van der Waals surface area contributed by atoms with Crippen molar-refractivity contribution < 1.29 is 9.18 Å². The Morgan fingerprint density at radius 2 is 2.00 bits per heavy atom. The van der Waals surface area contributed by atoms with Crippen molar-refractivity contribution in [2.75, 3.05) is 31.1 Å². The van der Waals surface area contributed by atoms with Crippen LogP contribution >= 0.6 is 0 Å². The number of aromatic nitrogens is 4. The maximum atomic E-state index is 13.5. The first-order valence-electron chi connectivity index (χ1n) is 10.8. The normalized spacial score (nSPS) is 25.1. The highest BCUT2D eigenvalue weighted by Gasteiger charge is 2.37. The molecular formula is C22H23FN6O2. The summed E-state index contributed by atoms with van der Waals surface area (Å²) in [6.45, 7) is 2.61. The largest absolute Gasteiger partial charge is 0.354 e. The molecular weight excluding hydrogens is 399 g/mol. The lowest BCUT2D eigenvalue weighted by Gasteiger charge is -2.43. The molecule has 0 saturated carbocycles. The number of carbonyl (C=O) groups is 1. The molecule has 3 aromatic heterocycles. The molecule has 3 aliphatic rings. The standard InChI is InChI=1S/C22H23FN6O2/c23-16-5-7-26(13-16)21(30)17-1-2-18-15-9-14(11-28(18)22(17)31)10-27(12-15)20-4-3-19-24-6-8-29(19)25-20/h1-4,6,8,14-16H,5,7,9-13H2/t14-,15+,16+/m0/s1. The van der Waals surface area contributed by atoms with Gasteiger partial charge >= 0.3 is 0 Å². The monoisotopic (exact) mass is 422 g/mol. The van der Waals surface area contributed by atoms with E-state index < -0.39 is 6.17 Å². The fraction of sp³-hybridized carbons (Fsp3) is 0.455. The summed E-state index contributed by atoms with van der Waals surface area (Å²) in [7, 11) is 0. The number of pyridine rings is 1. The average molecular weight is 422 g/mol. The summed E-state index contributed by atoms with van der Waals surface area (Å²) >= 11 is 0. The Bertz CT molecular complexity index is 1240. The number of rotatable bonds is 2. The van der Waals surface area contributed by atoms with Gasteiger partial charge in [-0.1, -0.05) is 0 Å². The molecule has 0 aliphatic carbocycles. The predicted molar refractivity (Wildman–Crippen MR) is 112 cm³/mol. The smallest absolute Gasteiger partial charge is 0.263 e. The molecule has 2 bridgehead atoms. The second kappa shape index (κ2) is 6.90. The number of halogens is 1. The van der Waals surface area contributed by atoms with E-state index in [1.54, 1.807) is 21.3 Å². The molecule has 2 saturated heterocycles. The molecule has 6 heterocycles. The number of alkyl halides is 1. The second-order valence-electron chi connectivity index (χ2n) is 8.85. The van der Waals surface area contributed by atoms with Crippen molar-refractivity contribution in [1.82, 2.24) is 24.1 Å². The molecule has 0 radical (unpaired) electrons. The molecule has 0 spiro atoms. The SMILES string of the molecule is O=C(c1ccc2n(c1=O)C[C@H]1C[C@@H]2CN(c2ccc3nccn3n2)C1)N1CC[C@@H](F)C1. The first kappa shape index (κ1) is 18.5. The zero-order chi connectivity index (χ0) is 21.1. The number of amides is 1. The van der Waals surface area contributed by atoms with E-state index in [1.807, 2.05) is 24.4 Å². The Morgan fingerprint density at radius 3 is 2.84 bits per heavy atom. The van der Waals surface area contributed by atoms with Crippen LogP contribution < -0.4 is 10.5 Å². The van der Waals surface area contributed by atoms with E-state index >= 15 is 0 Å². The number of hydrogen-bond donors (Lipinski definition) is 0. The highest BCUT2D eigenvalue weighted by molar-refractivity contribution is 5.94. The number of carbonyl (C=O) groups excluding carboxylic acids is 1. The van der Waals surface area contributed by atoms with E-state index in [0.717, 1.165) is 36.7 Å². The van der Waals surface area contributed by atoms with E-state index in [-0.39, 0.29) is 29.5 Å². The van der Waals surface area contributed by atoms with E-state index in [0.29, 0.717) is 25.4 Å². The summed E-state index contributed by atoms with van der Waals surface area (Å²) in [4.78, 5) is 33.9. The maximum absolute atomic E-state index is 13.5. The van der Waals surface area contributed by atoms with Crippen LogP contribution in [0.15, 0.2) is 41.5 Å². The first-order chi connectivity index (χ1) is 15.1. The van der Waals surface area contributed by atoms with Crippen LogP contribution in [0.25, 0.3) is 5.65 Å². The van der Waals surface area contributed by atoms with Crippen molar-refractivity contribution in [3.8, 4) is 0 Å². The van der Waals surface area contributed by atoms with Gasteiger partial charge in [0.05, 0.1) is 6.54 Å². The fourth-order valence-electron chi connectivity index (χ4n) is 5.34. The third kappa shape index (κ3) is 3.02. The number of imidazole rings is 1. The van der Waals surface area contributed by atoms with Crippen molar-refractivity contribution >= 4 is 17.4 Å². The minimum atomic E-state index is -0.996. The summed E-state index contributed by atoms with van der Waals surface area (Å²) in [5.74, 6) is 1.05. The molecule has 2 fully saturated rings. The minimum absolute atomic E-state index is 0.0779. The quantitative estimate of drug-likeness (QED) is 0.628. The third-order valence-corrected chi connectivity index (χ3v) is 6.82. The number of fused-ring (bicyclic) bond motifs is 5. The van der Waals surface area contributed by atoms with Gasteiger partial charge in [-0.3, -0.25) is 9.59 Å². The average Bonchev–Trinajstić information content (AvgIpc) is 3.42. The van der Waals surface area contributed by atoms with Gasteiger partial charge in [-0.25, -0.2) is 13.9 Å². The lowest BCUT2D eigenvalue weighted by molar-refractivity contribution is 0.0779. The van der Waals surface area contributed by atoms with Crippen molar-refractivity contribution in [2.45, 2.75) is 31.5 Å². The Kier molecular flexibility index (Phi) is 4.12. The highest BCUT2D eigenvalue weighted by Crippen LogP contribution is 2.36. The summed E-state index contributed by atoms with van der Waals surface area (Å²) in [6, 6.07) is 7.50. The molecule has 160 valence electrons. The molecule has 1 amide bonds. The molecule has 0 unspecified atom stereocenters. The number of nitrogens with zero attached hydrogens (tertiary/aromatic N) is 6. The Morgan fingerprint density at radius 1 is 1.10 bits per heavy atom. The summed E-state index contributed by atoms with van der Waals surface area (Å²) in [6.07, 6.45) is 3.94. The van der Waals surface area contributed by atoms with Crippen molar-refractivity contribution in [3.63, 3.8) is 0 Å². The molecule has 3 aromatic rings. The first-order valence-corrected chi connectivity index (χ1v) is 10.8. The zero-order valence-corrected chi connectivity index (χ0v) is 17.0. The van der Waals surface area contributed by atoms with Gasteiger partial charge in [-0.15, -0.1) is 5.10 Å². The molecule has 31 heavy (non-hydrogen) atoms. The molecule has 6 rings (SSSR count). The Labute approximate surface area is 177 Å². The van der Waals surface area contributed by atoms with E-state index in [2.05, 4.69) is 15.0 Å². The van der Waals surface area contributed by atoms with Gasteiger partial charge in [0.1, 0.15) is 17.6 Å². The number of hydrogen-bond acceptors (Lipinski definition) is 5. The highest BCUT2D eigenvalue weighted by atomic mass is 19.1. The summed E-state index contributed by atoms with van der Waals surface area (Å²) in [5, 5.41) is 4.68. The van der Waals surface area contributed by atoms with Crippen LogP contribution in [0, 0.1) is 5.92 Å². The minimum Gasteiger partial charge on any atom is -0.354 e. The molecule has 9 heteroatoms.